The van der Waals surface area contributed by atoms with Gasteiger partial charge in [0.1, 0.15) is 11.3 Å². The molecule has 0 aliphatic heterocycles. The summed E-state index contributed by atoms with van der Waals surface area (Å²) in [6, 6.07) is 15.4. The lowest BCUT2D eigenvalue weighted by Gasteiger charge is -2.08. The first-order valence-electron chi connectivity index (χ1n) is 6.91. The minimum Gasteiger partial charge on any atom is -0.495 e. The summed E-state index contributed by atoms with van der Waals surface area (Å²) in [7, 11) is 1.58. The SMILES string of the molecule is COc1c(C(=O)CCc2ccccc2)ccc2occc12. The van der Waals surface area contributed by atoms with E-state index in [0.29, 0.717) is 17.7 Å². The van der Waals surface area contributed by atoms with E-state index in [1.807, 2.05) is 42.5 Å². The molecule has 0 amide bonds. The Morgan fingerprint density at radius 3 is 2.67 bits per heavy atom. The second kappa shape index (κ2) is 5.83. The van der Waals surface area contributed by atoms with Crippen molar-refractivity contribution in [1.29, 1.82) is 0 Å². The predicted octanol–water partition coefficient (Wildman–Crippen LogP) is 4.26. The number of Topliss-reactive ketones (excluding diaryl/α,β-unsaturated/α-hetero) is 1. The Kier molecular flexibility index (Phi) is 3.73. The molecule has 1 heterocycles. The number of hydrogen-bond acceptors (Lipinski definition) is 3. The quantitative estimate of drug-likeness (QED) is 0.656. The van der Waals surface area contributed by atoms with Crippen molar-refractivity contribution in [3.8, 4) is 5.75 Å². The summed E-state index contributed by atoms with van der Waals surface area (Å²) in [6.07, 6.45) is 2.79. The van der Waals surface area contributed by atoms with Crippen molar-refractivity contribution in [3.63, 3.8) is 0 Å². The van der Waals surface area contributed by atoms with Crippen molar-refractivity contribution in [1.82, 2.24) is 0 Å². The molecule has 3 aromatic rings. The third kappa shape index (κ3) is 2.68. The van der Waals surface area contributed by atoms with Gasteiger partial charge in [-0.1, -0.05) is 30.3 Å². The van der Waals surface area contributed by atoms with Gasteiger partial charge in [0.25, 0.3) is 0 Å². The summed E-state index contributed by atoms with van der Waals surface area (Å²) in [5.41, 5.74) is 2.50. The number of methoxy groups -OCH3 is 1. The first kappa shape index (κ1) is 13.4. The van der Waals surface area contributed by atoms with E-state index in [-0.39, 0.29) is 5.78 Å². The summed E-state index contributed by atoms with van der Waals surface area (Å²) in [6.45, 7) is 0. The molecule has 0 radical (unpaired) electrons. The number of hydrogen-bond donors (Lipinski definition) is 0. The van der Waals surface area contributed by atoms with Crippen LogP contribution in [0.5, 0.6) is 5.75 Å². The van der Waals surface area contributed by atoms with E-state index < -0.39 is 0 Å². The molecular weight excluding hydrogens is 264 g/mol. The van der Waals surface area contributed by atoms with Gasteiger partial charge in [0.05, 0.1) is 24.3 Å². The molecule has 0 aliphatic rings. The minimum atomic E-state index is 0.0822. The van der Waals surface area contributed by atoms with Gasteiger partial charge in [-0.25, -0.2) is 0 Å². The van der Waals surface area contributed by atoms with Crippen molar-refractivity contribution in [2.45, 2.75) is 12.8 Å². The van der Waals surface area contributed by atoms with Crippen molar-refractivity contribution in [3.05, 3.63) is 65.9 Å². The topological polar surface area (TPSA) is 39.4 Å². The molecular formula is C18H16O3. The number of rotatable bonds is 5. The molecule has 106 valence electrons. The normalized spacial score (nSPS) is 10.7. The number of ketones is 1. The molecule has 0 fully saturated rings. The maximum atomic E-state index is 12.5. The average molecular weight is 280 g/mol. The van der Waals surface area contributed by atoms with Crippen LogP contribution in [0.2, 0.25) is 0 Å². The molecule has 1 aromatic heterocycles. The summed E-state index contributed by atoms with van der Waals surface area (Å²) in [4.78, 5) is 12.5. The van der Waals surface area contributed by atoms with Crippen LogP contribution in [0.3, 0.4) is 0 Å². The second-order valence-electron chi connectivity index (χ2n) is 4.89. The highest BCUT2D eigenvalue weighted by molar-refractivity contribution is 6.04. The van der Waals surface area contributed by atoms with Gasteiger partial charge in [-0.3, -0.25) is 4.79 Å². The fourth-order valence-electron chi connectivity index (χ4n) is 2.49. The molecule has 0 saturated heterocycles. The van der Waals surface area contributed by atoms with E-state index in [1.165, 1.54) is 0 Å². The van der Waals surface area contributed by atoms with Gasteiger partial charge < -0.3 is 9.15 Å². The maximum absolute atomic E-state index is 12.5. The van der Waals surface area contributed by atoms with E-state index in [9.17, 15) is 4.79 Å². The highest BCUT2D eigenvalue weighted by Gasteiger charge is 2.16. The zero-order valence-corrected chi connectivity index (χ0v) is 11.8. The number of aryl methyl sites for hydroxylation is 1. The van der Waals surface area contributed by atoms with Crippen LogP contribution in [0, 0.1) is 0 Å². The number of ether oxygens (including phenoxy) is 1. The molecule has 0 unspecified atom stereocenters. The van der Waals surface area contributed by atoms with E-state index in [0.717, 1.165) is 23.0 Å². The summed E-state index contributed by atoms with van der Waals surface area (Å²) < 4.78 is 10.7. The van der Waals surface area contributed by atoms with E-state index in [1.54, 1.807) is 19.4 Å². The van der Waals surface area contributed by atoms with E-state index in [4.69, 9.17) is 9.15 Å². The Morgan fingerprint density at radius 1 is 1.10 bits per heavy atom. The van der Waals surface area contributed by atoms with Gasteiger partial charge in [-0.2, -0.15) is 0 Å². The molecule has 2 aromatic carbocycles. The fraction of sp³-hybridized carbons (Fsp3) is 0.167. The lowest BCUT2D eigenvalue weighted by atomic mass is 10.0. The Balaban J connectivity index is 1.84. The van der Waals surface area contributed by atoms with Gasteiger partial charge in [0, 0.05) is 6.42 Å². The summed E-state index contributed by atoms with van der Waals surface area (Å²) in [5.74, 6) is 0.679. The van der Waals surface area contributed by atoms with Crippen molar-refractivity contribution < 1.29 is 13.9 Å². The largest absolute Gasteiger partial charge is 0.495 e. The second-order valence-corrected chi connectivity index (χ2v) is 4.89. The third-order valence-corrected chi connectivity index (χ3v) is 3.57. The highest BCUT2D eigenvalue weighted by Crippen LogP contribution is 2.31. The van der Waals surface area contributed by atoms with Gasteiger partial charge in [-0.15, -0.1) is 0 Å². The fourth-order valence-corrected chi connectivity index (χ4v) is 2.49. The van der Waals surface area contributed by atoms with Crippen LogP contribution in [0.15, 0.2) is 59.2 Å². The standard InChI is InChI=1S/C18H16O3/c1-20-18-14(8-10-17-15(18)11-12-21-17)16(19)9-7-13-5-3-2-4-6-13/h2-6,8,10-12H,7,9H2,1H3. The van der Waals surface area contributed by atoms with Gasteiger partial charge in [-0.05, 0) is 30.2 Å². The van der Waals surface area contributed by atoms with Crippen molar-refractivity contribution >= 4 is 16.8 Å². The lowest BCUT2D eigenvalue weighted by Crippen LogP contribution is -2.04. The van der Waals surface area contributed by atoms with Gasteiger partial charge >= 0.3 is 0 Å². The highest BCUT2D eigenvalue weighted by atomic mass is 16.5. The molecule has 3 rings (SSSR count). The molecule has 3 nitrogen and oxygen atoms in total. The molecule has 0 N–H and O–H groups in total. The van der Waals surface area contributed by atoms with Crippen LogP contribution in [0.1, 0.15) is 22.3 Å². The number of carbonyl (C=O) groups excluding carboxylic acids is 1. The van der Waals surface area contributed by atoms with Crippen molar-refractivity contribution in [2.75, 3.05) is 7.11 Å². The molecule has 21 heavy (non-hydrogen) atoms. The number of carbonyl (C=O) groups is 1. The van der Waals surface area contributed by atoms with Crippen LogP contribution >= 0.6 is 0 Å². The Hall–Kier alpha value is -2.55. The van der Waals surface area contributed by atoms with Crippen LogP contribution in [-0.4, -0.2) is 12.9 Å². The number of benzene rings is 2. The molecule has 0 atom stereocenters. The molecule has 3 heteroatoms. The zero-order valence-electron chi connectivity index (χ0n) is 11.8. The van der Waals surface area contributed by atoms with Crippen molar-refractivity contribution in [2.24, 2.45) is 0 Å². The Bertz CT molecular complexity index is 756. The third-order valence-electron chi connectivity index (χ3n) is 3.57. The van der Waals surface area contributed by atoms with E-state index in [2.05, 4.69) is 0 Å². The van der Waals surface area contributed by atoms with Crippen LogP contribution in [-0.2, 0) is 6.42 Å². The number of furan rings is 1. The zero-order chi connectivity index (χ0) is 14.7. The smallest absolute Gasteiger partial charge is 0.166 e. The van der Waals surface area contributed by atoms with Crippen LogP contribution < -0.4 is 4.74 Å². The lowest BCUT2D eigenvalue weighted by molar-refractivity contribution is 0.0980. The maximum Gasteiger partial charge on any atom is 0.166 e. The predicted molar refractivity (Wildman–Crippen MR) is 81.9 cm³/mol. The van der Waals surface area contributed by atoms with Gasteiger partial charge in [0.15, 0.2) is 5.78 Å². The Morgan fingerprint density at radius 2 is 1.90 bits per heavy atom. The molecule has 0 aliphatic carbocycles. The van der Waals surface area contributed by atoms with Crippen LogP contribution in [0.25, 0.3) is 11.0 Å². The first-order valence-corrected chi connectivity index (χ1v) is 6.91. The number of fused-ring (bicyclic) bond motifs is 1. The first-order chi connectivity index (χ1) is 10.3. The average Bonchev–Trinajstić information content (AvgIpc) is 3.01. The minimum absolute atomic E-state index is 0.0822. The molecule has 0 bridgehead atoms. The molecule has 0 saturated carbocycles. The van der Waals surface area contributed by atoms with E-state index >= 15 is 0 Å². The summed E-state index contributed by atoms with van der Waals surface area (Å²) in [5, 5.41) is 0.836. The molecule has 0 spiro atoms. The van der Waals surface area contributed by atoms with Crippen LogP contribution in [0.4, 0.5) is 0 Å². The van der Waals surface area contributed by atoms with Gasteiger partial charge in [0.2, 0.25) is 0 Å². The monoisotopic (exact) mass is 280 g/mol. The Labute approximate surface area is 123 Å². The summed E-state index contributed by atoms with van der Waals surface area (Å²) >= 11 is 0.